The molecule has 2 rings (SSSR count). The number of benzene rings is 1. The number of allylic oxidation sites excluding steroid dienone is 1. The Morgan fingerprint density at radius 1 is 1.44 bits per heavy atom. The van der Waals surface area contributed by atoms with E-state index in [1.165, 1.54) is 18.2 Å². The Labute approximate surface area is 153 Å². The molecule has 0 saturated heterocycles. The molecular weight excluding hydrogens is 370 g/mol. The lowest BCUT2D eigenvalue weighted by atomic mass is 10.1. The number of rotatable bonds is 4. The van der Waals surface area contributed by atoms with Crippen LogP contribution in [0.4, 0.5) is 4.39 Å². The predicted molar refractivity (Wildman–Crippen MR) is 96.0 cm³/mol. The van der Waals surface area contributed by atoms with E-state index in [1.54, 1.807) is 4.90 Å². The number of aliphatic imine (C=N–C) groups is 1. The van der Waals surface area contributed by atoms with Crippen molar-refractivity contribution in [2.24, 2.45) is 22.2 Å². The lowest BCUT2D eigenvalue weighted by Gasteiger charge is -2.32. The van der Waals surface area contributed by atoms with Crippen LogP contribution in [0.25, 0.3) is 0 Å². The van der Waals surface area contributed by atoms with Crippen molar-refractivity contribution in [1.82, 2.24) is 10.2 Å². The summed E-state index contributed by atoms with van der Waals surface area (Å²) < 4.78 is 13.7. The van der Waals surface area contributed by atoms with Gasteiger partial charge in [0, 0.05) is 30.2 Å². The van der Waals surface area contributed by atoms with Crippen molar-refractivity contribution in [2.75, 3.05) is 13.1 Å². The summed E-state index contributed by atoms with van der Waals surface area (Å²) in [5, 5.41) is 3.22. The van der Waals surface area contributed by atoms with Crippen LogP contribution in [0.2, 0.25) is 10.0 Å². The van der Waals surface area contributed by atoms with Crippen molar-refractivity contribution >= 4 is 35.4 Å². The van der Waals surface area contributed by atoms with Crippen molar-refractivity contribution in [3.05, 3.63) is 56.8 Å². The average Bonchev–Trinajstić information content (AvgIpc) is 2.58. The fraction of sp³-hybridized carbons (Fsp3) is 0.200. The van der Waals surface area contributed by atoms with Gasteiger partial charge in [-0.2, -0.15) is 4.99 Å². The van der Waals surface area contributed by atoms with Crippen LogP contribution >= 0.6 is 23.2 Å². The first-order valence-electron chi connectivity index (χ1n) is 7.21. The largest absolute Gasteiger partial charge is 0.394 e. The molecule has 0 atom stereocenters. The van der Waals surface area contributed by atoms with Gasteiger partial charge in [-0.3, -0.25) is 4.79 Å². The van der Waals surface area contributed by atoms with E-state index in [4.69, 9.17) is 40.4 Å². The van der Waals surface area contributed by atoms with E-state index in [1.807, 2.05) is 0 Å². The van der Waals surface area contributed by atoms with Crippen molar-refractivity contribution in [1.29, 1.82) is 0 Å². The van der Waals surface area contributed by atoms with Gasteiger partial charge in [0.15, 0.2) is 0 Å². The average molecular weight is 387 g/mol. The number of carbonyl (C=O) groups is 1. The monoisotopic (exact) mass is 386 g/mol. The van der Waals surface area contributed by atoms with Crippen LogP contribution in [0, 0.1) is 5.82 Å². The molecule has 134 valence electrons. The van der Waals surface area contributed by atoms with E-state index in [9.17, 15) is 9.18 Å². The molecule has 0 radical (unpaired) electrons. The van der Waals surface area contributed by atoms with Crippen LogP contribution in [0.15, 0.2) is 40.4 Å². The van der Waals surface area contributed by atoms with Gasteiger partial charge in [0.1, 0.15) is 17.3 Å². The van der Waals surface area contributed by atoms with Crippen LogP contribution < -0.4 is 22.5 Å². The van der Waals surface area contributed by atoms with Crippen molar-refractivity contribution < 1.29 is 9.18 Å². The maximum Gasteiger partial charge on any atom is 0.294 e. The number of hydrogen-bond acceptors (Lipinski definition) is 5. The van der Waals surface area contributed by atoms with Gasteiger partial charge in [-0.1, -0.05) is 23.2 Å². The lowest BCUT2D eigenvalue weighted by molar-refractivity contribution is -0.114. The zero-order valence-corrected chi connectivity index (χ0v) is 14.6. The molecule has 0 aromatic heterocycles. The molecule has 0 spiro atoms. The minimum Gasteiger partial charge on any atom is -0.394 e. The first-order chi connectivity index (χ1) is 11.8. The normalized spacial score (nSPS) is 15.6. The third-order valence-corrected chi connectivity index (χ3v) is 4.30. The summed E-state index contributed by atoms with van der Waals surface area (Å²) in [4.78, 5) is 16.8. The summed E-state index contributed by atoms with van der Waals surface area (Å²) in [7, 11) is 0. The van der Waals surface area contributed by atoms with Crippen LogP contribution in [0.3, 0.4) is 0 Å². The summed E-state index contributed by atoms with van der Waals surface area (Å²) in [6.45, 7) is 1.24. The van der Waals surface area contributed by atoms with Crippen LogP contribution in [-0.4, -0.2) is 30.2 Å². The molecule has 10 heteroatoms. The van der Waals surface area contributed by atoms with E-state index in [0.717, 1.165) is 6.34 Å². The van der Waals surface area contributed by atoms with Crippen molar-refractivity contribution in [2.45, 2.75) is 6.54 Å². The first-order valence-corrected chi connectivity index (χ1v) is 7.97. The Morgan fingerprint density at radius 2 is 2.16 bits per heavy atom. The fourth-order valence-corrected chi connectivity index (χ4v) is 2.79. The minimum absolute atomic E-state index is 0.0651. The molecule has 25 heavy (non-hydrogen) atoms. The molecule has 0 bridgehead atoms. The van der Waals surface area contributed by atoms with Gasteiger partial charge in [-0.05, 0) is 18.2 Å². The molecule has 1 aromatic carbocycles. The topological polar surface area (TPSA) is 123 Å². The van der Waals surface area contributed by atoms with E-state index in [0.29, 0.717) is 35.2 Å². The van der Waals surface area contributed by atoms with E-state index in [-0.39, 0.29) is 17.3 Å². The summed E-state index contributed by atoms with van der Waals surface area (Å²) in [5.41, 5.74) is 17.5. The number of amides is 1. The quantitative estimate of drug-likeness (QED) is 0.265. The number of carbonyl (C=O) groups excluding carboxylic acids is 1. The highest BCUT2D eigenvalue weighted by atomic mass is 35.5. The van der Waals surface area contributed by atoms with Gasteiger partial charge in [0.2, 0.25) is 0 Å². The standard InChI is InChI=1S/C15H17Cl2FN6O/c16-9-1-2-10(18)13(17)8(9)6-24-4-3-22-14(21)12(24)5-11(20)15(25)23-7-19/h1-2,5,7,22H,3-4,6,20-21H2,(H2,19,23,25)/b11-5-. The molecule has 0 aliphatic carbocycles. The lowest BCUT2D eigenvalue weighted by Crippen LogP contribution is -2.41. The second kappa shape index (κ2) is 8.09. The highest BCUT2D eigenvalue weighted by Crippen LogP contribution is 2.30. The Balaban J connectivity index is 2.37. The van der Waals surface area contributed by atoms with Gasteiger partial charge >= 0.3 is 0 Å². The number of nitrogens with zero attached hydrogens (tertiary/aromatic N) is 2. The molecule has 0 fully saturated rings. The van der Waals surface area contributed by atoms with Crippen LogP contribution in [-0.2, 0) is 11.3 Å². The molecule has 1 aromatic rings. The van der Waals surface area contributed by atoms with Gasteiger partial charge in [0.25, 0.3) is 5.91 Å². The Morgan fingerprint density at radius 3 is 2.84 bits per heavy atom. The fourth-order valence-electron chi connectivity index (χ4n) is 2.30. The van der Waals surface area contributed by atoms with Gasteiger partial charge in [0.05, 0.1) is 17.1 Å². The Hall–Kier alpha value is -2.45. The zero-order chi connectivity index (χ0) is 18.6. The summed E-state index contributed by atoms with van der Waals surface area (Å²) in [6, 6.07) is 2.62. The molecule has 7 N–H and O–H groups in total. The number of hydrogen-bond donors (Lipinski definition) is 4. The summed E-state index contributed by atoms with van der Waals surface area (Å²) in [6.07, 6.45) is 2.22. The molecule has 1 aliphatic rings. The Bertz CT molecular complexity index is 778. The van der Waals surface area contributed by atoms with Crippen molar-refractivity contribution in [3.63, 3.8) is 0 Å². The maximum absolute atomic E-state index is 13.7. The third kappa shape index (κ3) is 4.34. The molecule has 0 saturated carbocycles. The highest BCUT2D eigenvalue weighted by molar-refractivity contribution is 6.36. The SMILES string of the molecule is NC=NC(=O)/C(N)=C/C1=C(N)NCCN1Cc1c(Cl)ccc(F)c1Cl. The molecule has 1 aliphatic heterocycles. The van der Waals surface area contributed by atoms with Gasteiger partial charge < -0.3 is 27.4 Å². The summed E-state index contributed by atoms with van der Waals surface area (Å²) in [5.74, 6) is -0.963. The number of nitrogens with two attached hydrogens (primary N) is 3. The molecule has 7 nitrogen and oxygen atoms in total. The minimum atomic E-state index is -0.699. The Kier molecular flexibility index (Phi) is 6.11. The number of nitrogens with one attached hydrogen (secondary N) is 1. The van der Waals surface area contributed by atoms with Crippen molar-refractivity contribution in [3.8, 4) is 0 Å². The molecule has 1 heterocycles. The van der Waals surface area contributed by atoms with E-state index < -0.39 is 11.7 Å². The zero-order valence-electron chi connectivity index (χ0n) is 13.1. The van der Waals surface area contributed by atoms with Crippen LogP contribution in [0.5, 0.6) is 0 Å². The highest BCUT2D eigenvalue weighted by Gasteiger charge is 2.21. The molecule has 1 amide bonds. The first kappa shape index (κ1) is 18.9. The second-order valence-electron chi connectivity index (χ2n) is 5.15. The summed E-state index contributed by atoms with van der Waals surface area (Å²) >= 11 is 12.2. The predicted octanol–water partition coefficient (Wildman–Crippen LogP) is 1.02. The van der Waals surface area contributed by atoms with E-state index in [2.05, 4.69) is 10.3 Å². The van der Waals surface area contributed by atoms with E-state index >= 15 is 0 Å². The maximum atomic E-state index is 13.7. The second-order valence-corrected chi connectivity index (χ2v) is 5.94. The number of halogens is 3. The third-order valence-electron chi connectivity index (χ3n) is 3.53. The molecular formula is C15H17Cl2FN6O. The smallest absolute Gasteiger partial charge is 0.294 e. The van der Waals surface area contributed by atoms with Gasteiger partial charge in [-0.25, -0.2) is 4.39 Å². The van der Waals surface area contributed by atoms with Crippen LogP contribution in [0.1, 0.15) is 5.56 Å². The molecule has 0 unspecified atom stereocenters. The van der Waals surface area contributed by atoms with Gasteiger partial charge in [-0.15, -0.1) is 0 Å².